The zero-order chi connectivity index (χ0) is 25.5. The van der Waals surface area contributed by atoms with Crippen LogP contribution >= 0.6 is 0 Å². The van der Waals surface area contributed by atoms with Crippen LogP contribution in [0.1, 0.15) is 52.9 Å². The first-order valence-electron chi connectivity index (χ1n) is 11.3. The highest BCUT2D eigenvalue weighted by atomic mass is 16.4. The molecule has 4 N–H and O–H groups in total. The van der Waals surface area contributed by atoms with E-state index >= 15 is 0 Å². The molecule has 2 unspecified atom stereocenters. The smallest absolute Gasteiger partial charge is 0.328 e. The van der Waals surface area contributed by atoms with Crippen molar-refractivity contribution in [3.8, 4) is 6.07 Å². The first-order chi connectivity index (χ1) is 16.8. The van der Waals surface area contributed by atoms with Crippen molar-refractivity contribution in [1.29, 1.82) is 5.26 Å². The quantitative estimate of drug-likeness (QED) is 0.426. The van der Waals surface area contributed by atoms with Gasteiger partial charge in [0.25, 0.3) is 5.91 Å². The molecule has 0 aliphatic carbocycles. The fourth-order valence-corrected chi connectivity index (χ4v) is 4.66. The summed E-state index contributed by atoms with van der Waals surface area (Å²) >= 11 is 0. The molecule has 9 nitrogen and oxygen atoms in total. The zero-order valence-electron chi connectivity index (χ0n) is 19.4. The second-order valence-electron chi connectivity index (χ2n) is 8.34. The van der Waals surface area contributed by atoms with E-state index in [0.717, 1.165) is 36.2 Å². The van der Waals surface area contributed by atoms with Gasteiger partial charge in [-0.25, -0.2) is 9.59 Å². The predicted octanol–water partition coefficient (Wildman–Crippen LogP) is 2.88. The van der Waals surface area contributed by atoms with E-state index in [0.29, 0.717) is 36.0 Å². The SMILES string of the molecule is CCN1CCCC1CN1C(=O)c2ccccc2C1c1cc(C#N)ccc1N.O=C(O)/C=C/C(=O)O. The third-order valence-corrected chi connectivity index (χ3v) is 6.25. The van der Waals surface area contributed by atoms with E-state index in [4.69, 9.17) is 15.9 Å². The van der Waals surface area contributed by atoms with E-state index in [2.05, 4.69) is 17.9 Å². The van der Waals surface area contributed by atoms with E-state index in [-0.39, 0.29) is 11.9 Å². The van der Waals surface area contributed by atoms with Gasteiger partial charge in [-0.15, -0.1) is 0 Å². The van der Waals surface area contributed by atoms with E-state index in [1.165, 1.54) is 6.42 Å². The number of likely N-dealkylation sites (N-methyl/N-ethyl adjacent to an activating group) is 1. The maximum absolute atomic E-state index is 13.2. The molecule has 1 amide bonds. The summed E-state index contributed by atoms with van der Waals surface area (Å²) in [4.78, 5) is 36.7. The van der Waals surface area contributed by atoms with Crippen LogP contribution in [-0.2, 0) is 9.59 Å². The maximum atomic E-state index is 13.2. The summed E-state index contributed by atoms with van der Waals surface area (Å²) in [5.74, 6) is -2.46. The van der Waals surface area contributed by atoms with Crippen LogP contribution in [0.25, 0.3) is 0 Å². The summed E-state index contributed by atoms with van der Waals surface area (Å²) in [7, 11) is 0. The number of carboxylic acids is 2. The van der Waals surface area contributed by atoms with Crippen molar-refractivity contribution in [1.82, 2.24) is 9.80 Å². The summed E-state index contributed by atoms with van der Waals surface area (Å²) in [6.45, 7) is 4.94. The van der Waals surface area contributed by atoms with E-state index < -0.39 is 11.9 Å². The Labute approximate surface area is 203 Å². The summed E-state index contributed by atoms with van der Waals surface area (Å²) in [6.07, 6.45) is 3.39. The number of nitrogen functional groups attached to an aromatic ring is 1. The van der Waals surface area contributed by atoms with Gasteiger partial charge in [0.1, 0.15) is 0 Å². The number of hydrogen-bond acceptors (Lipinski definition) is 6. The molecule has 2 aromatic rings. The Morgan fingerprint density at radius 1 is 1.14 bits per heavy atom. The number of nitriles is 1. The molecular formula is C26H28N4O5. The van der Waals surface area contributed by atoms with Crippen LogP contribution in [0.4, 0.5) is 5.69 Å². The fraction of sp³-hybridized carbons (Fsp3) is 0.308. The Morgan fingerprint density at radius 3 is 2.46 bits per heavy atom. The number of benzene rings is 2. The lowest BCUT2D eigenvalue weighted by molar-refractivity contribution is -0.134. The minimum absolute atomic E-state index is 0.0558. The van der Waals surface area contributed by atoms with Crippen molar-refractivity contribution in [3.05, 3.63) is 76.9 Å². The summed E-state index contributed by atoms with van der Waals surface area (Å²) in [5.41, 5.74) is 10.0. The highest BCUT2D eigenvalue weighted by Gasteiger charge is 2.40. The van der Waals surface area contributed by atoms with Gasteiger partial charge in [-0.05, 0) is 55.8 Å². The van der Waals surface area contributed by atoms with Gasteiger partial charge >= 0.3 is 11.9 Å². The molecule has 1 fully saturated rings. The van der Waals surface area contributed by atoms with Crippen molar-refractivity contribution in [3.63, 3.8) is 0 Å². The molecule has 35 heavy (non-hydrogen) atoms. The normalized spacial score (nSPS) is 19.2. The average molecular weight is 477 g/mol. The van der Waals surface area contributed by atoms with E-state index in [1.54, 1.807) is 12.1 Å². The number of nitrogens with zero attached hydrogens (tertiary/aromatic N) is 3. The molecule has 2 aliphatic heterocycles. The number of carbonyl (C=O) groups is 3. The number of fused-ring (bicyclic) bond motifs is 1. The van der Waals surface area contributed by atoms with Crippen molar-refractivity contribution >= 4 is 23.5 Å². The van der Waals surface area contributed by atoms with Crippen molar-refractivity contribution in [2.75, 3.05) is 25.4 Å². The van der Waals surface area contributed by atoms with Gasteiger partial charge < -0.3 is 20.8 Å². The highest BCUT2D eigenvalue weighted by Crippen LogP contribution is 2.41. The number of amides is 1. The number of carboxylic acid groups (broad SMARTS) is 2. The monoisotopic (exact) mass is 476 g/mol. The second-order valence-corrected chi connectivity index (χ2v) is 8.34. The van der Waals surface area contributed by atoms with Gasteiger partial charge in [0, 0.05) is 41.6 Å². The Morgan fingerprint density at radius 2 is 1.83 bits per heavy atom. The lowest BCUT2D eigenvalue weighted by atomic mass is 9.95. The number of aliphatic carboxylic acids is 2. The second kappa shape index (κ2) is 11.3. The van der Waals surface area contributed by atoms with Gasteiger partial charge in [-0.3, -0.25) is 9.69 Å². The third kappa shape index (κ3) is 5.86. The predicted molar refractivity (Wildman–Crippen MR) is 130 cm³/mol. The van der Waals surface area contributed by atoms with Crippen LogP contribution in [-0.4, -0.2) is 63.5 Å². The minimum Gasteiger partial charge on any atom is -0.478 e. The number of rotatable bonds is 6. The van der Waals surface area contributed by atoms with Crippen LogP contribution in [0.15, 0.2) is 54.6 Å². The molecule has 0 radical (unpaired) electrons. The number of carbonyl (C=O) groups excluding carboxylic acids is 1. The Bertz CT molecular complexity index is 1170. The van der Waals surface area contributed by atoms with E-state index in [9.17, 15) is 19.6 Å². The Kier molecular flexibility index (Phi) is 8.23. The molecule has 2 aliphatic rings. The van der Waals surface area contributed by atoms with Crippen molar-refractivity contribution < 1.29 is 24.6 Å². The summed E-state index contributed by atoms with van der Waals surface area (Å²) in [5, 5.41) is 25.0. The zero-order valence-corrected chi connectivity index (χ0v) is 19.4. The molecule has 0 spiro atoms. The molecule has 2 aromatic carbocycles. The number of likely N-dealkylation sites (tertiary alicyclic amines) is 1. The lowest BCUT2D eigenvalue weighted by Gasteiger charge is -2.32. The molecule has 0 aromatic heterocycles. The van der Waals surface area contributed by atoms with Crippen molar-refractivity contribution in [2.24, 2.45) is 0 Å². The van der Waals surface area contributed by atoms with Gasteiger partial charge in [-0.2, -0.15) is 5.26 Å². The lowest BCUT2D eigenvalue weighted by Crippen LogP contribution is -2.42. The number of nitrogens with two attached hydrogens (primary N) is 1. The molecule has 9 heteroatoms. The van der Waals surface area contributed by atoms with Crippen molar-refractivity contribution in [2.45, 2.75) is 31.8 Å². The standard InChI is InChI=1S/C22H24N4O.C4H4O4/c1-2-25-11-5-6-16(25)14-26-21(17-7-3-4-8-18(17)22(26)27)19-12-15(13-23)9-10-20(19)24;5-3(6)1-2-4(7)8/h3-4,7-10,12,16,21H,2,5-6,11,14,24H2,1H3;1-2H,(H,5,6)(H,7,8)/b;2-1+. The van der Waals surface area contributed by atoms with Gasteiger partial charge in [-0.1, -0.05) is 25.1 Å². The number of hydrogen-bond donors (Lipinski definition) is 3. The molecule has 0 saturated carbocycles. The first-order valence-corrected chi connectivity index (χ1v) is 11.3. The van der Waals surface area contributed by atoms with Crippen LogP contribution < -0.4 is 5.73 Å². The van der Waals surface area contributed by atoms with Crippen LogP contribution in [0.5, 0.6) is 0 Å². The topological polar surface area (TPSA) is 148 Å². The maximum Gasteiger partial charge on any atom is 0.328 e. The molecule has 1 saturated heterocycles. The van der Waals surface area contributed by atoms with Crippen LogP contribution in [0, 0.1) is 11.3 Å². The van der Waals surface area contributed by atoms with Gasteiger partial charge in [0.15, 0.2) is 0 Å². The molecular weight excluding hydrogens is 448 g/mol. The highest BCUT2D eigenvalue weighted by molar-refractivity contribution is 6.00. The molecule has 2 heterocycles. The Hall–Kier alpha value is -4.16. The van der Waals surface area contributed by atoms with Crippen LogP contribution in [0.2, 0.25) is 0 Å². The minimum atomic E-state index is -1.26. The third-order valence-electron chi connectivity index (χ3n) is 6.25. The first kappa shape index (κ1) is 25.5. The molecule has 4 rings (SSSR count). The summed E-state index contributed by atoms with van der Waals surface area (Å²) < 4.78 is 0. The largest absolute Gasteiger partial charge is 0.478 e. The fourth-order valence-electron chi connectivity index (χ4n) is 4.66. The van der Waals surface area contributed by atoms with Gasteiger partial charge in [0.2, 0.25) is 0 Å². The van der Waals surface area contributed by atoms with Crippen LogP contribution in [0.3, 0.4) is 0 Å². The molecule has 0 bridgehead atoms. The molecule has 2 atom stereocenters. The molecule has 182 valence electrons. The number of anilines is 1. The average Bonchev–Trinajstić information content (AvgIpc) is 3.41. The van der Waals surface area contributed by atoms with Gasteiger partial charge in [0.05, 0.1) is 17.7 Å². The van der Waals surface area contributed by atoms with E-state index in [1.807, 2.05) is 35.2 Å². The Balaban J connectivity index is 0.000000371. The summed E-state index contributed by atoms with van der Waals surface area (Å²) in [6, 6.07) is 15.4.